The molecule has 0 N–H and O–H groups in total. The Balaban J connectivity index is 1.50. The van der Waals surface area contributed by atoms with E-state index in [1.807, 2.05) is 6.20 Å². The van der Waals surface area contributed by atoms with Gasteiger partial charge in [0.15, 0.2) is 0 Å². The third kappa shape index (κ3) is 3.34. The van der Waals surface area contributed by atoms with Gasteiger partial charge in [0.05, 0.1) is 20.9 Å². The summed E-state index contributed by atoms with van der Waals surface area (Å²) in [6, 6.07) is 10.8. The first-order valence-electron chi connectivity index (χ1n) is 8.41. The van der Waals surface area contributed by atoms with Crippen molar-refractivity contribution in [3.05, 3.63) is 47.1 Å². The molecule has 24 heavy (non-hydrogen) atoms. The lowest BCUT2D eigenvalue weighted by molar-refractivity contribution is 0.148. The second-order valence-electron chi connectivity index (χ2n) is 6.55. The van der Waals surface area contributed by atoms with Crippen molar-refractivity contribution in [2.45, 2.75) is 13.5 Å². The van der Waals surface area contributed by atoms with Gasteiger partial charge in [0.25, 0.3) is 0 Å². The quantitative estimate of drug-likeness (QED) is 0.732. The number of hydrogen-bond acceptors (Lipinski definition) is 5. The van der Waals surface area contributed by atoms with Crippen LogP contribution < -0.4 is 0 Å². The van der Waals surface area contributed by atoms with E-state index in [-0.39, 0.29) is 0 Å². The van der Waals surface area contributed by atoms with E-state index in [1.165, 1.54) is 10.3 Å². The maximum atomic E-state index is 4.68. The van der Waals surface area contributed by atoms with Crippen molar-refractivity contribution in [1.29, 1.82) is 0 Å². The second kappa shape index (κ2) is 6.59. The Morgan fingerprint density at radius 3 is 2.67 bits per heavy atom. The number of hydrogen-bond donors (Lipinski definition) is 0. The summed E-state index contributed by atoms with van der Waals surface area (Å²) in [7, 11) is 2.19. The first kappa shape index (κ1) is 15.7. The van der Waals surface area contributed by atoms with Crippen LogP contribution >= 0.6 is 11.3 Å². The molecule has 3 aromatic rings. The highest BCUT2D eigenvalue weighted by atomic mass is 32.1. The van der Waals surface area contributed by atoms with Crippen LogP contribution in [0, 0.1) is 6.92 Å². The molecule has 0 amide bonds. The molecule has 0 atom stereocenters. The van der Waals surface area contributed by atoms with Crippen LogP contribution in [0.2, 0.25) is 0 Å². The first-order valence-corrected chi connectivity index (χ1v) is 9.22. The molecular weight excluding hydrogens is 316 g/mol. The molecule has 0 aliphatic carbocycles. The Hall–Kier alpha value is -1.82. The van der Waals surface area contributed by atoms with E-state index < -0.39 is 0 Å². The highest BCUT2D eigenvalue weighted by molar-refractivity contribution is 7.18. The van der Waals surface area contributed by atoms with Crippen LogP contribution in [-0.2, 0) is 6.54 Å². The van der Waals surface area contributed by atoms with Gasteiger partial charge in [-0.3, -0.25) is 9.88 Å². The predicted octanol–water partition coefficient (Wildman–Crippen LogP) is 3.41. The molecule has 124 valence electrons. The number of aryl methyl sites for hydroxylation is 1. The minimum absolute atomic E-state index is 0.992. The summed E-state index contributed by atoms with van der Waals surface area (Å²) in [6.07, 6.45) is 2.02. The van der Waals surface area contributed by atoms with Crippen LogP contribution in [0.5, 0.6) is 0 Å². The van der Waals surface area contributed by atoms with Crippen LogP contribution in [-0.4, -0.2) is 53.0 Å². The highest BCUT2D eigenvalue weighted by Gasteiger charge is 2.14. The largest absolute Gasteiger partial charge is 0.304 e. The van der Waals surface area contributed by atoms with Gasteiger partial charge < -0.3 is 4.90 Å². The van der Waals surface area contributed by atoms with Crippen molar-refractivity contribution in [1.82, 2.24) is 19.8 Å². The fourth-order valence-corrected chi connectivity index (χ4v) is 3.96. The van der Waals surface area contributed by atoms with E-state index in [1.54, 1.807) is 11.3 Å². The average molecular weight is 338 g/mol. The monoisotopic (exact) mass is 338 g/mol. The minimum atomic E-state index is 0.992. The zero-order chi connectivity index (χ0) is 16.5. The molecule has 3 heterocycles. The molecule has 0 unspecified atom stereocenters. The minimum Gasteiger partial charge on any atom is -0.304 e. The van der Waals surface area contributed by atoms with Crippen molar-refractivity contribution >= 4 is 21.6 Å². The van der Waals surface area contributed by atoms with Gasteiger partial charge in [-0.2, -0.15) is 0 Å². The summed E-state index contributed by atoms with van der Waals surface area (Å²) in [5.41, 5.74) is 4.51. The van der Waals surface area contributed by atoms with Crippen molar-refractivity contribution in [2.75, 3.05) is 33.2 Å². The van der Waals surface area contributed by atoms with Crippen molar-refractivity contribution in [3.63, 3.8) is 0 Å². The summed E-state index contributed by atoms with van der Waals surface area (Å²) >= 11 is 1.74. The summed E-state index contributed by atoms with van der Waals surface area (Å²) < 4.78 is 1.24. The summed E-state index contributed by atoms with van der Waals surface area (Å²) in [5.74, 6) is 0. The number of aromatic nitrogens is 2. The molecule has 1 aliphatic heterocycles. The average Bonchev–Trinajstić information content (AvgIpc) is 2.97. The Kier molecular flexibility index (Phi) is 4.31. The van der Waals surface area contributed by atoms with Gasteiger partial charge in [0.1, 0.15) is 0 Å². The van der Waals surface area contributed by atoms with Gasteiger partial charge in [0, 0.05) is 44.5 Å². The van der Waals surface area contributed by atoms with E-state index in [0.29, 0.717) is 0 Å². The lowest BCUT2D eigenvalue weighted by Gasteiger charge is -2.32. The molecule has 1 fully saturated rings. The number of benzene rings is 1. The fourth-order valence-electron chi connectivity index (χ4n) is 3.15. The Morgan fingerprint density at radius 2 is 1.92 bits per heavy atom. The number of piperazine rings is 1. The van der Waals surface area contributed by atoms with Crippen LogP contribution in [0.4, 0.5) is 0 Å². The Bertz CT molecular complexity index is 832. The molecule has 1 aromatic carbocycles. The summed E-state index contributed by atoms with van der Waals surface area (Å²) in [4.78, 5) is 14.1. The molecule has 0 radical (unpaired) electrons. The topological polar surface area (TPSA) is 32.3 Å². The second-order valence-corrected chi connectivity index (χ2v) is 7.78. The Labute approximate surface area is 146 Å². The molecule has 0 bridgehead atoms. The van der Waals surface area contributed by atoms with Crippen molar-refractivity contribution in [3.8, 4) is 11.3 Å². The van der Waals surface area contributed by atoms with Gasteiger partial charge in [0.2, 0.25) is 0 Å². The third-order valence-electron chi connectivity index (χ3n) is 4.62. The number of fused-ring (bicyclic) bond motifs is 1. The van der Waals surface area contributed by atoms with Gasteiger partial charge in [-0.05, 0) is 37.7 Å². The van der Waals surface area contributed by atoms with E-state index in [2.05, 4.69) is 64.1 Å². The lowest BCUT2D eigenvalue weighted by Crippen LogP contribution is -2.43. The number of thiazole rings is 1. The maximum absolute atomic E-state index is 4.68. The van der Waals surface area contributed by atoms with Gasteiger partial charge in [-0.1, -0.05) is 12.1 Å². The number of pyridine rings is 1. The fraction of sp³-hybridized carbons (Fsp3) is 0.368. The van der Waals surface area contributed by atoms with Crippen LogP contribution in [0.1, 0.15) is 10.6 Å². The van der Waals surface area contributed by atoms with Crippen molar-refractivity contribution in [2.24, 2.45) is 0 Å². The molecule has 4 nitrogen and oxygen atoms in total. The van der Waals surface area contributed by atoms with Crippen molar-refractivity contribution < 1.29 is 0 Å². The van der Waals surface area contributed by atoms with Gasteiger partial charge in [-0.15, -0.1) is 11.3 Å². The van der Waals surface area contributed by atoms with Gasteiger partial charge in [-0.25, -0.2) is 4.98 Å². The van der Waals surface area contributed by atoms with Crippen LogP contribution in [0.3, 0.4) is 0 Å². The van der Waals surface area contributed by atoms with E-state index in [4.69, 9.17) is 0 Å². The third-order valence-corrected chi connectivity index (χ3v) is 5.57. The zero-order valence-corrected chi connectivity index (χ0v) is 15.0. The SMILES string of the molecule is Cc1nc2cc(-c3ccc(CN4CCN(C)CC4)cn3)ccc2s1. The highest BCUT2D eigenvalue weighted by Crippen LogP contribution is 2.26. The van der Waals surface area contributed by atoms with E-state index in [9.17, 15) is 0 Å². The Morgan fingerprint density at radius 1 is 1.08 bits per heavy atom. The summed E-state index contributed by atoms with van der Waals surface area (Å²) in [6.45, 7) is 7.62. The molecule has 0 saturated carbocycles. The predicted molar refractivity (Wildman–Crippen MR) is 100 cm³/mol. The lowest BCUT2D eigenvalue weighted by atomic mass is 10.1. The van der Waals surface area contributed by atoms with E-state index in [0.717, 1.165) is 54.5 Å². The normalized spacial score (nSPS) is 16.8. The molecule has 0 spiro atoms. The smallest absolute Gasteiger partial charge is 0.0907 e. The number of rotatable bonds is 3. The zero-order valence-electron chi connectivity index (χ0n) is 14.2. The van der Waals surface area contributed by atoms with E-state index >= 15 is 0 Å². The maximum Gasteiger partial charge on any atom is 0.0907 e. The molecule has 1 aliphatic rings. The number of likely N-dealkylation sites (N-methyl/N-ethyl adjacent to an activating group) is 1. The van der Waals surface area contributed by atoms with Crippen LogP contribution in [0.15, 0.2) is 36.5 Å². The summed E-state index contributed by atoms with van der Waals surface area (Å²) in [5, 5.41) is 1.11. The molecular formula is C19H22N4S. The molecule has 4 rings (SSSR count). The molecule has 1 saturated heterocycles. The van der Waals surface area contributed by atoms with Gasteiger partial charge >= 0.3 is 0 Å². The number of nitrogens with zero attached hydrogens (tertiary/aromatic N) is 4. The first-order chi connectivity index (χ1) is 11.7. The molecule has 5 heteroatoms. The van der Waals surface area contributed by atoms with Crippen LogP contribution in [0.25, 0.3) is 21.5 Å². The molecule has 2 aromatic heterocycles. The standard InChI is InChI=1S/C19H22N4S/c1-14-21-18-11-16(4-6-19(18)24-14)17-5-3-15(12-20-17)13-23-9-7-22(2)8-10-23/h3-6,11-12H,7-10,13H2,1-2H3.